The molecule has 1 fully saturated rings. The number of rotatable bonds is 6. The SMILES string of the molecule is Cc1nc(-c2nnc(C(F)F)s2)n2cc(SNC3(CF)CC3)cc(Cl)c12. The molecule has 0 amide bonds. The molecule has 0 bridgehead atoms. The Kier molecular flexibility index (Phi) is 4.62. The molecular weight excluding hydrogens is 407 g/mol. The van der Waals surface area contributed by atoms with Crippen LogP contribution in [0.15, 0.2) is 17.2 Å². The van der Waals surface area contributed by atoms with Crippen LogP contribution in [0.1, 0.15) is 30.0 Å². The summed E-state index contributed by atoms with van der Waals surface area (Å²) >= 11 is 8.48. The molecule has 5 nitrogen and oxygen atoms in total. The second kappa shape index (κ2) is 6.66. The zero-order chi connectivity index (χ0) is 18.5. The summed E-state index contributed by atoms with van der Waals surface area (Å²) in [5.41, 5.74) is 0.878. The molecular formula is C15H13ClF3N5S2. The molecule has 1 aliphatic carbocycles. The quantitative estimate of drug-likeness (QED) is 0.579. The highest BCUT2D eigenvalue weighted by molar-refractivity contribution is 7.97. The average Bonchev–Trinajstić information content (AvgIpc) is 3.07. The van der Waals surface area contributed by atoms with Gasteiger partial charge in [-0.25, -0.2) is 18.2 Å². The number of pyridine rings is 1. The van der Waals surface area contributed by atoms with Crippen molar-refractivity contribution in [2.45, 2.75) is 36.6 Å². The number of alkyl halides is 3. The number of imidazole rings is 1. The van der Waals surface area contributed by atoms with E-state index < -0.39 is 18.6 Å². The second-order valence-electron chi connectivity index (χ2n) is 6.13. The van der Waals surface area contributed by atoms with E-state index in [-0.39, 0.29) is 10.0 Å². The normalized spacial score (nSPS) is 15.9. The molecule has 138 valence electrons. The van der Waals surface area contributed by atoms with Crippen LogP contribution in [0.25, 0.3) is 16.3 Å². The smallest absolute Gasteiger partial charge is 0.291 e. The third-order valence-electron chi connectivity index (χ3n) is 4.15. The fraction of sp³-hybridized carbons (Fsp3) is 0.400. The lowest BCUT2D eigenvalue weighted by Crippen LogP contribution is -2.27. The van der Waals surface area contributed by atoms with Gasteiger partial charge < -0.3 is 0 Å². The summed E-state index contributed by atoms with van der Waals surface area (Å²) < 4.78 is 43.5. The van der Waals surface area contributed by atoms with Gasteiger partial charge in [0.25, 0.3) is 6.43 Å². The van der Waals surface area contributed by atoms with Gasteiger partial charge in [0.05, 0.1) is 21.8 Å². The van der Waals surface area contributed by atoms with Crippen LogP contribution in [0.4, 0.5) is 13.2 Å². The van der Waals surface area contributed by atoms with Gasteiger partial charge in [-0.2, -0.15) is 0 Å². The number of fused-ring (bicyclic) bond motifs is 1. The minimum Gasteiger partial charge on any atom is -0.295 e. The molecule has 26 heavy (non-hydrogen) atoms. The van der Waals surface area contributed by atoms with Crippen molar-refractivity contribution in [1.82, 2.24) is 24.3 Å². The molecule has 1 aliphatic rings. The Morgan fingerprint density at radius 3 is 2.81 bits per heavy atom. The predicted octanol–water partition coefficient (Wildman–Crippen LogP) is 4.85. The minimum atomic E-state index is -2.68. The Bertz CT molecular complexity index is 970. The summed E-state index contributed by atoms with van der Waals surface area (Å²) in [5, 5.41) is 7.75. The molecule has 4 rings (SSSR count). The molecule has 1 saturated carbocycles. The first-order valence-corrected chi connectivity index (χ1v) is 9.74. The minimum absolute atomic E-state index is 0.289. The maximum atomic E-state index is 13.0. The van der Waals surface area contributed by atoms with E-state index in [2.05, 4.69) is 19.9 Å². The number of nitrogens with zero attached hydrogens (tertiary/aromatic N) is 4. The largest absolute Gasteiger partial charge is 0.295 e. The van der Waals surface area contributed by atoms with Crippen molar-refractivity contribution >= 4 is 40.4 Å². The van der Waals surface area contributed by atoms with Gasteiger partial charge in [-0.3, -0.25) is 9.12 Å². The van der Waals surface area contributed by atoms with E-state index in [1.54, 1.807) is 23.6 Å². The van der Waals surface area contributed by atoms with E-state index in [0.29, 0.717) is 22.1 Å². The Hall–Kier alpha value is -1.36. The zero-order valence-electron chi connectivity index (χ0n) is 13.5. The van der Waals surface area contributed by atoms with Gasteiger partial charge in [0.1, 0.15) is 6.67 Å². The lowest BCUT2D eigenvalue weighted by Gasteiger charge is -2.13. The molecule has 1 N–H and O–H groups in total. The van der Waals surface area contributed by atoms with Crippen LogP contribution in [-0.4, -0.2) is 31.8 Å². The number of aromatic nitrogens is 4. The number of hydrogen-bond acceptors (Lipinski definition) is 6. The highest BCUT2D eigenvalue weighted by Gasteiger charge is 2.42. The monoisotopic (exact) mass is 419 g/mol. The van der Waals surface area contributed by atoms with Gasteiger partial charge in [0.2, 0.25) is 0 Å². The van der Waals surface area contributed by atoms with Crippen molar-refractivity contribution in [3.63, 3.8) is 0 Å². The average molecular weight is 420 g/mol. The number of hydrogen-bond donors (Lipinski definition) is 1. The Labute approximate surface area is 160 Å². The fourth-order valence-corrected chi connectivity index (χ4v) is 4.54. The van der Waals surface area contributed by atoms with E-state index in [1.807, 2.05) is 0 Å². The summed E-state index contributed by atoms with van der Waals surface area (Å²) in [7, 11) is 0. The standard InChI is InChI=1S/C15H13ClF3N5S2/c1-7-10-9(16)4-8(26-23-15(6-17)2-3-15)5-24(10)12(20-7)14-22-21-13(25-14)11(18)19/h4-5,11,23H,2-3,6H2,1H3. The molecule has 0 aliphatic heterocycles. The molecule has 0 saturated heterocycles. The topological polar surface area (TPSA) is 55.1 Å². The molecule has 3 heterocycles. The van der Waals surface area contributed by atoms with Crippen LogP contribution >= 0.6 is 34.9 Å². The second-order valence-corrected chi connectivity index (χ2v) is 8.42. The molecule has 0 spiro atoms. The Morgan fingerprint density at radius 2 is 2.19 bits per heavy atom. The van der Waals surface area contributed by atoms with Crippen LogP contribution < -0.4 is 4.72 Å². The first kappa shape index (κ1) is 18.0. The Balaban J connectivity index is 1.73. The molecule has 0 radical (unpaired) electrons. The van der Waals surface area contributed by atoms with Crippen LogP contribution in [0, 0.1) is 6.92 Å². The summed E-state index contributed by atoms with van der Waals surface area (Å²) in [6, 6.07) is 1.77. The molecule has 11 heteroatoms. The van der Waals surface area contributed by atoms with Gasteiger partial charge in [-0.15, -0.1) is 10.2 Å². The number of nitrogens with one attached hydrogen (secondary N) is 1. The highest BCUT2D eigenvalue weighted by atomic mass is 35.5. The van der Waals surface area contributed by atoms with Crippen LogP contribution in [-0.2, 0) is 0 Å². The van der Waals surface area contributed by atoms with Crippen molar-refractivity contribution in [1.29, 1.82) is 0 Å². The first-order chi connectivity index (χ1) is 12.4. The van der Waals surface area contributed by atoms with E-state index in [4.69, 9.17) is 11.6 Å². The summed E-state index contributed by atoms with van der Waals surface area (Å²) in [6.07, 6.45) is 0.695. The van der Waals surface area contributed by atoms with E-state index in [1.165, 1.54) is 11.9 Å². The van der Waals surface area contributed by atoms with E-state index in [0.717, 1.165) is 29.1 Å². The third kappa shape index (κ3) is 3.19. The maximum Gasteiger partial charge on any atom is 0.291 e. The van der Waals surface area contributed by atoms with E-state index >= 15 is 0 Å². The van der Waals surface area contributed by atoms with Crippen LogP contribution in [0.5, 0.6) is 0 Å². The van der Waals surface area contributed by atoms with Crippen LogP contribution in [0.3, 0.4) is 0 Å². The Morgan fingerprint density at radius 1 is 1.42 bits per heavy atom. The van der Waals surface area contributed by atoms with E-state index in [9.17, 15) is 13.2 Å². The number of aryl methyl sites for hydroxylation is 1. The first-order valence-electron chi connectivity index (χ1n) is 7.72. The molecule has 3 aromatic rings. The molecule has 0 aromatic carbocycles. The van der Waals surface area contributed by atoms with Crippen molar-refractivity contribution in [2.75, 3.05) is 6.67 Å². The third-order valence-corrected chi connectivity index (χ3v) is 6.36. The lowest BCUT2D eigenvalue weighted by atomic mass is 10.3. The summed E-state index contributed by atoms with van der Waals surface area (Å²) in [5.74, 6) is 0.401. The summed E-state index contributed by atoms with van der Waals surface area (Å²) in [4.78, 5) is 5.19. The fourth-order valence-electron chi connectivity index (χ4n) is 2.52. The van der Waals surface area contributed by atoms with Gasteiger partial charge in [0, 0.05) is 11.1 Å². The lowest BCUT2D eigenvalue weighted by molar-refractivity contribution is 0.150. The van der Waals surface area contributed by atoms with Gasteiger partial charge >= 0.3 is 0 Å². The number of halogens is 4. The van der Waals surface area contributed by atoms with Crippen molar-refractivity contribution in [2.24, 2.45) is 0 Å². The zero-order valence-corrected chi connectivity index (χ0v) is 15.9. The maximum absolute atomic E-state index is 13.0. The van der Waals surface area contributed by atoms with Gasteiger partial charge in [-0.05, 0) is 37.8 Å². The van der Waals surface area contributed by atoms with Crippen LogP contribution in [0.2, 0.25) is 5.02 Å². The predicted molar refractivity (Wildman–Crippen MR) is 95.7 cm³/mol. The highest BCUT2D eigenvalue weighted by Crippen LogP contribution is 2.39. The summed E-state index contributed by atoms with van der Waals surface area (Å²) in [6.45, 7) is 1.36. The van der Waals surface area contributed by atoms with Crippen molar-refractivity contribution in [3.05, 3.63) is 28.0 Å². The van der Waals surface area contributed by atoms with Gasteiger partial charge in [0.15, 0.2) is 15.8 Å². The molecule has 0 atom stereocenters. The van der Waals surface area contributed by atoms with Gasteiger partial charge in [-0.1, -0.05) is 22.9 Å². The van der Waals surface area contributed by atoms with Crippen molar-refractivity contribution in [3.8, 4) is 10.8 Å². The molecule has 3 aromatic heterocycles. The molecule has 0 unspecified atom stereocenters. The van der Waals surface area contributed by atoms with Crippen molar-refractivity contribution < 1.29 is 13.2 Å².